The monoisotopic (exact) mass is 171 g/mol. The molecule has 1 N–H and O–H groups in total. The standard InChI is InChI=1S/C10H19O2/c1-9(2,3)8-4-6-10(11,12)7-5-8/h8,11H,4-7H2,1-3H3. The lowest BCUT2D eigenvalue weighted by Gasteiger charge is -2.37. The van der Waals surface area contributed by atoms with E-state index in [9.17, 15) is 10.2 Å². The van der Waals surface area contributed by atoms with Crippen molar-refractivity contribution in [2.45, 2.75) is 52.2 Å². The number of hydrogen-bond acceptors (Lipinski definition) is 1. The van der Waals surface area contributed by atoms with Gasteiger partial charge in [0.05, 0.1) is 0 Å². The molecule has 1 aliphatic rings. The lowest BCUT2D eigenvalue weighted by atomic mass is 9.71. The van der Waals surface area contributed by atoms with Crippen LogP contribution in [0.2, 0.25) is 0 Å². The minimum absolute atomic E-state index is 0.288. The van der Waals surface area contributed by atoms with Crippen LogP contribution in [0.4, 0.5) is 0 Å². The third-order valence-electron chi connectivity index (χ3n) is 2.99. The quantitative estimate of drug-likeness (QED) is 0.558. The molecule has 0 aromatic carbocycles. The summed E-state index contributed by atoms with van der Waals surface area (Å²) in [6, 6.07) is 0. The van der Waals surface area contributed by atoms with Crippen molar-refractivity contribution in [3.05, 3.63) is 0 Å². The van der Waals surface area contributed by atoms with Crippen molar-refractivity contribution in [1.29, 1.82) is 0 Å². The van der Waals surface area contributed by atoms with Gasteiger partial charge in [-0.25, -0.2) is 0 Å². The first-order chi connectivity index (χ1) is 5.31. The lowest BCUT2D eigenvalue weighted by molar-refractivity contribution is -0.230. The van der Waals surface area contributed by atoms with E-state index in [1.54, 1.807) is 0 Å². The maximum Gasteiger partial charge on any atom is 0.199 e. The van der Waals surface area contributed by atoms with E-state index in [1.165, 1.54) is 0 Å². The van der Waals surface area contributed by atoms with Gasteiger partial charge < -0.3 is 5.11 Å². The van der Waals surface area contributed by atoms with E-state index < -0.39 is 5.79 Å². The van der Waals surface area contributed by atoms with Crippen LogP contribution in [0, 0.1) is 11.3 Å². The van der Waals surface area contributed by atoms with Crippen LogP contribution in [0.3, 0.4) is 0 Å². The summed E-state index contributed by atoms with van der Waals surface area (Å²) in [6.45, 7) is 6.60. The van der Waals surface area contributed by atoms with Crippen molar-refractivity contribution >= 4 is 0 Å². The Labute approximate surface area is 74.6 Å². The summed E-state index contributed by atoms with van der Waals surface area (Å²) in [4.78, 5) is 0. The summed E-state index contributed by atoms with van der Waals surface area (Å²) in [5.41, 5.74) is 0.288. The summed E-state index contributed by atoms with van der Waals surface area (Å²) in [5, 5.41) is 20.4. The van der Waals surface area contributed by atoms with Crippen LogP contribution < -0.4 is 0 Å². The second-order valence-corrected chi connectivity index (χ2v) is 5.09. The van der Waals surface area contributed by atoms with Gasteiger partial charge in [0.25, 0.3) is 0 Å². The molecule has 0 saturated heterocycles. The summed E-state index contributed by atoms with van der Waals surface area (Å²) in [7, 11) is 0. The molecule has 0 heterocycles. The third-order valence-corrected chi connectivity index (χ3v) is 2.99. The zero-order valence-electron chi connectivity index (χ0n) is 8.26. The van der Waals surface area contributed by atoms with Gasteiger partial charge in [-0.3, -0.25) is 0 Å². The third kappa shape index (κ3) is 2.46. The molecular formula is C10H19O2. The van der Waals surface area contributed by atoms with E-state index in [0.29, 0.717) is 18.8 Å². The van der Waals surface area contributed by atoms with Crippen LogP contribution in [0.5, 0.6) is 0 Å². The zero-order valence-corrected chi connectivity index (χ0v) is 8.26. The Kier molecular flexibility index (Phi) is 2.50. The molecule has 1 radical (unpaired) electrons. The van der Waals surface area contributed by atoms with Crippen LogP contribution in [-0.2, 0) is 5.11 Å². The molecule has 0 amide bonds. The summed E-state index contributed by atoms with van der Waals surface area (Å²) in [5.74, 6) is -1.02. The van der Waals surface area contributed by atoms with Gasteiger partial charge >= 0.3 is 0 Å². The highest BCUT2D eigenvalue weighted by atomic mass is 16.5. The Hall–Kier alpha value is -0.0800. The van der Waals surface area contributed by atoms with Gasteiger partial charge in [-0.1, -0.05) is 20.8 Å². The fourth-order valence-corrected chi connectivity index (χ4v) is 1.93. The number of rotatable bonds is 0. The molecule has 0 aromatic heterocycles. The first-order valence-corrected chi connectivity index (χ1v) is 4.74. The minimum Gasteiger partial charge on any atom is -0.363 e. The fraction of sp³-hybridized carbons (Fsp3) is 1.00. The average molecular weight is 171 g/mol. The molecule has 1 fully saturated rings. The van der Waals surface area contributed by atoms with Gasteiger partial charge in [-0.2, -0.15) is 5.11 Å². The maximum absolute atomic E-state index is 11.2. The zero-order chi connectivity index (χ0) is 9.41. The molecular weight excluding hydrogens is 152 g/mol. The summed E-state index contributed by atoms with van der Waals surface area (Å²) in [6.07, 6.45) is 2.61. The molecule has 2 heteroatoms. The van der Waals surface area contributed by atoms with Gasteiger partial charge in [0, 0.05) is 12.8 Å². The topological polar surface area (TPSA) is 40.1 Å². The van der Waals surface area contributed by atoms with Crippen molar-refractivity contribution in [3.63, 3.8) is 0 Å². The smallest absolute Gasteiger partial charge is 0.199 e. The fourth-order valence-electron chi connectivity index (χ4n) is 1.93. The molecule has 0 spiro atoms. The highest BCUT2D eigenvalue weighted by Gasteiger charge is 2.36. The van der Waals surface area contributed by atoms with Crippen molar-refractivity contribution in [3.8, 4) is 0 Å². The first-order valence-electron chi connectivity index (χ1n) is 4.74. The highest BCUT2D eigenvalue weighted by molar-refractivity contribution is 4.82. The van der Waals surface area contributed by atoms with Crippen LogP contribution in [0.1, 0.15) is 46.5 Å². The average Bonchev–Trinajstić information content (AvgIpc) is 1.83. The van der Waals surface area contributed by atoms with Crippen molar-refractivity contribution in [2.24, 2.45) is 11.3 Å². The Morgan fingerprint density at radius 3 is 2.00 bits per heavy atom. The lowest BCUT2D eigenvalue weighted by Crippen LogP contribution is -2.35. The van der Waals surface area contributed by atoms with E-state index in [0.717, 1.165) is 12.8 Å². The van der Waals surface area contributed by atoms with Gasteiger partial charge in [-0.15, -0.1) is 0 Å². The van der Waals surface area contributed by atoms with E-state index in [4.69, 9.17) is 0 Å². The Bertz CT molecular complexity index is 146. The van der Waals surface area contributed by atoms with Crippen molar-refractivity contribution in [1.82, 2.24) is 0 Å². The van der Waals surface area contributed by atoms with Gasteiger partial charge in [0.15, 0.2) is 5.79 Å². The molecule has 0 unspecified atom stereocenters. The highest BCUT2D eigenvalue weighted by Crippen LogP contribution is 2.40. The van der Waals surface area contributed by atoms with Crippen LogP contribution in [0.15, 0.2) is 0 Å². The SMILES string of the molecule is CC(C)(C)C1CCC([O])(O)CC1. The normalized spacial score (nSPS) is 25.8. The largest absolute Gasteiger partial charge is 0.363 e. The first kappa shape index (κ1) is 10.0. The molecule has 1 rings (SSSR count). The predicted octanol–water partition coefficient (Wildman–Crippen LogP) is 2.34. The number of aliphatic hydroxyl groups is 1. The minimum atomic E-state index is -1.62. The second kappa shape index (κ2) is 3.00. The van der Waals surface area contributed by atoms with Crippen molar-refractivity contribution in [2.75, 3.05) is 0 Å². The van der Waals surface area contributed by atoms with E-state index in [2.05, 4.69) is 20.8 Å². The predicted molar refractivity (Wildman–Crippen MR) is 47.0 cm³/mol. The molecule has 71 valence electrons. The van der Waals surface area contributed by atoms with Crippen LogP contribution in [-0.4, -0.2) is 10.9 Å². The van der Waals surface area contributed by atoms with E-state index in [-0.39, 0.29) is 5.41 Å². The van der Waals surface area contributed by atoms with Gasteiger partial charge in [0.1, 0.15) is 0 Å². The molecule has 0 atom stereocenters. The van der Waals surface area contributed by atoms with E-state index in [1.807, 2.05) is 0 Å². The summed E-state index contributed by atoms with van der Waals surface area (Å²) < 4.78 is 0. The van der Waals surface area contributed by atoms with Crippen molar-refractivity contribution < 1.29 is 10.2 Å². The second-order valence-electron chi connectivity index (χ2n) is 5.09. The Morgan fingerprint density at radius 2 is 1.67 bits per heavy atom. The van der Waals surface area contributed by atoms with Gasteiger partial charge in [0.2, 0.25) is 0 Å². The van der Waals surface area contributed by atoms with Gasteiger partial charge in [-0.05, 0) is 24.2 Å². The van der Waals surface area contributed by atoms with Crippen LogP contribution in [0.25, 0.3) is 0 Å². The van der Waals surface area contributed by atoms with E-state index >= 15 is 0 Å². The Morgan fingerprint density at radius 1 is 1.25 bits per heavy atom. The van der Waals surface area contributed by atoms with Crippen LogP contribution >= 0.6 is 0 Å². The molecule has 0 aliphatic heterocycles. The molecule has 0 bridgehead atoms. The molecule has 12 heavy (non-hydrogen) atoms. The Balaban J connectivity index is 2.47. The molecule has 1 aliphatic carbocycles. The molecule has 1 saturated carbocycles. The maximum atomic E-state index is 11.2. The summed E-state index contributed by atoms with van der Waals surface area (Å²) >= 11 is 0. The molecule has 2 nitrogen and oxygen atoms in total. The molecule has 0 aromatic rings. The number of hydrogen-bond donors (Lipinski definition) is 1.